The van der Waals surface area contributed by atoms with Crippen LogP contribution in [0.2, 0.25) is 0 Å². The van der Waals surface area contributed by atoms with Crippen LogP contribution in [0.25, 0.3) is 5.69 Å². The highest BCUT2D eigenvalue weighted by molar-refractivity contribution is 5.93. The van der Waals surface area contributed by atoms with Gasteiger partial charge in [-0.15, -0.1) is 5.10 Å². The molecule has 0 radical (unpaired) electrons. The van der Waals surface area contributed by atoms with Crippen LogP contribution >= 0.6 is 0 Å². The maximum atomic E-state index is 12.3. The molecule has 1 aliphatic heterocycles. The molecule has 1 atom stereocenters. The van der Waals surface area contributed by atoms with Gasteiger partial charge in [0.1, 0.15) is 5.75 Å². The fraction of sp³-hybridized carbons (Fsp3) is 0.438. The molecule has 7 heteroatoms. The van der Waals surface area contributed by atoms with Crippen molar-refractivity contribution in [1.82, 2.24) is 20.3 Å². The summed E-state index contributed by atoms with van der Waals surface area (Å²) in [7, 11) is 1.62. The molecule has 1 N–H and O–H groups in total. The van der Waals surface area contributed by atoms with Crippen LogP contribution in [0.15, 0.2) is 24.3 Å². The van der Waals surface area contributed by atoms with Crippen LogP contribution in [0.1, 0.15) is 29.0 Å². The van der Waals surface area contributed by atoms with Crippen molar-refractivity contribution in [2.24, 2.45) is 0 Å². The molecule has 1 fully saturated rings. The number of methoxy groups -OCH3 is 1. The van der Waals surface area contributed by atoms with Crippen molar-refractivity contribution in [2.75, 3.05) is 20.3 Å². The molecule has 0 saturated carbocycles. The Morgan fingerprint density at radius 3 is 2.87 bits per heavy atom. The van der Waals surface area contributed by atoms with Crippen LogP contribution in [-0.2, 0) is 4.74 Å². The number of carbonyl (C=O) groups is 1. The van der Waals surface area contributed by atoms with E-state index in [9.17, 15) is 4.79 Å². The van der Waals surface area contributed by atoms with E-state index in [2.05, 4.69) is 15.6 Å². The van der Waals surface area contributed by atoms with Crippen molar-refractivity contribution in [3.63, 3.8) is 0 Å². The van der Waals surface area contributed by atoms with Crippen LogP contribution in [-0.4, -0.2) is 47.3 Å². The molecule has 0 aliphatic carbocycles. The predicted octanol–water partition coefficient (Wildman–Crippen LogP) is 1.49. The molecule has 0 spiro atoms. The third-order valence-electron chi connectivity index (χ3n) is 3.94. The average Bonchev–Trinajstić information content (AvgIpc) is 3.22. The number of hydrogen-bond donors (Lipinski definition) is 1. The molecule has 1 aromatic heterocycles. The van der Waals surface area contributed by atoms with Crippen LogP contribution in [0, 0.1) is 6.92 Å². The normalized spacial score (nSPS) is 17.2. The lowest BCUT2D eigenvalue weighted by atomic mass is 10.2. The number of nitrogens with zero attached hydrogens (tertiary/aromatic N) is 3. The first-order valence-electron chi connectivity index (χ1n) is 7.65. The number of aromatic nitrogens is 3. The molecule has 3 rings (SSSR count). The lowest BCUT2D eigenvalue weighted by Gasteiger charge is -2.10. The first-order valence-corrected chi connectivity index (χ1v) is 7.65. The summed E-state index contributed by atoms with van der Waals surface area (Å²) < 4.78 is 12.3. The lowest BCUT2D eigenvalue weighted by Crippen LogP contribution is -2.32. The zero-order valence-corrected chi connectivity index (χ0v) is 13.3. The van der Waals surface area contributed by atoms with E-state index in [1.165, 1.54) is 0 Å². The second kappa shape index (κ2) is 6.78. The molecule has 1 aliphatic rings. The van der Waals surface area contributed by atoms with E-state index < -0.39 is 0 Å². The number of hydrogen-bond acceptors (Lipinski definition) is 5. The smallest absolute Gasteiger partial charge is 0.273 e. The molecule has 23 heavy (non-hydrogen) atoms. The molecule has 1 amide bonds. The third kappa shape index (κ3) is 3.34. The van der Waals surface area contributed by atoms with Crippen LogP contribution in [0.4, 0.5) is 0 Å². The van der Waals surface area contributed by atoms with E-state index in [1.807, 2.05) is 31.2 Å². The zero-order valence-electron chi connectivity index (χ0n) is 13.3. The monoisotopic (exact) mass is 316 g/mol. The summed E-state index contributed by atoms with van der Waals surface area (Å²) in [5.41, 5.74) is 1.85. The molecular formula is C16H20N4O3. The number of benzene rings is 1. The van der Waals surface area contributed by atoms with Gasteiger partial charge in [-0.2, -0.15) is 0 Å². The Balaban J connectivity index is 1.71. The van der Waals surface area contributed by atoms with Crippen LogP contribution in [0.5, 0.6) is 5.75 Å². The minimum absolute atomic E-state index is 0.107. The summed E-state index contributed by atoms with van der Waals surface area (Å²) in [5.74, 6) is 0.541. The van der Waals surface area contributed by atoms with E-state index in [1.54, 1.807) is 11.8 Å². The summed E-state index contributed by atoms with van der Waals surface area (Å²) in [6, 6.07) is 7.42. The molecule has 1 aromatic carbocycles. The Morgan fingerprint density at radius 2 is 2.22 bits per heavy atom. The number of rotatable bonds is 5. The minimum atomic E-state index is -0.224. The summed E-state index contributed by atoms with van der Waals surface area (Å²) >= 11 is 0. The largest absolute Gasteiger partial charge is 0.497 e. The number of ether oxygens (including phenoxy) is 2. The van der Waals surface area contributed by atoms with E-state index in [-0.39, 0.29) is 12.0 Å². The maximum Gasteiger partial charge on any atom is 0.273 e. The first-order chi connectivity index (χ1) is 11.2. The number of nitrogens with one attached hydrogen (secondary N) is 1. The van der Waals surface area contributed by atoms with Crippen molar-refractivity contribution in [2.45, 2.75) is 25.9 Å². The van der Waals surface area contributed by atoms with Crippen molar-refractivity contribution < 1.29 is 14.3 Å². The van der Waals surface area contributed by atoms with Crippen molar-refractivity contribution >= 4 is 5.91 Å². The summed E-state index contributed by atoms with van der Waals surface area (Å²) in [4.78, 5) is 12.3. The number of carbonyl (C=O) groups excluding carboxylic acids is 1. The van der Waals surface area contributed by atoms with E-state index in [0.717, 1.165) is 30.9 Å². The maximum absolute atomic E-state index is 12.3. The Labute approximate surface area is 134 Å². The average molecular weight is 316 g/mol. The summed E-state index contributed by atoms with van der Waals surface area (Å²) in [5, 5.41) is 10.9. The standard InChI is InChI=1S/C16H20N4O3/c1-11-15(16(21)17-10-14-4-3-9-23-14)18-19-20(11)12-5-7-13(22-2)8-6-12/h5-8,14H,3-4,9-10H2,1-2H3,(H,17,21)/t14-/m1/s1. The molecule has 122 valence electrons. The van der Waals surface area contributed by atoms with Crippen LogP contribution in [0.3, 0.4) is 0 Å². The SMILES string of the molecule is COc1ccc(-n2nnc(C(=O)NC[C@H]3CCCO3)c2C)cc1. The highest BCUT2D eigenvalue weighted by Crippen LogP contribution is 2.17. The van der Waals surface area contributed by atoms with Gasteiger partial charge in [0, 0.05) is 13.2 Å². The second-order valence-electron chi connectivity index (χ2n) is 5.48. The van der Waals surface area contributed by atoms with Gasteiger partial charge >= 0.3 is 0 Å². The Morgan fingerprint density at radius 1 is 1.43 bits per heavy atom. The van der Waals surface area contributed by atoms with E-state index in [4.69, 9.17) is 9.47 Å². The second-order valence-corrected chi connectivity index (χ2v) is 5.48. The minimum Gasteiger partial charge on any atom is -0.497 e. The van der Waals surface area contributed by atoms with Gasteiger partial charge in [-0.05, 0) is 44.0 Å². The van der Waals surface area contributed by atoms with Gasteiger partial charge in [0.25, 0.3) is 5.91 Å². The van der Waals surface area contributed by atoms with Gasteiger partial charge in [0.15, 0.2) is 5.69 Å². The Hall–Kier alpha value is -2.41. The molecule has 2 heterocycles. The molecular weight excluding hydrogens is 296 g/mol. The van der Waals surface area contributed by atoms with Gasteiger partial charge in [-0.25, -0.2) is 4.68 Å². The molecule has 2 aromatic rings. The van der Waals surface area contributed by atoms with Crippen molar-refractivity contribution in [3.8, 4) is 11.4 Å². The number of amides is 1. The fourth-order valence-electron chi connectivity index (χ4n) is 2.60. The van der Waals surface area contributed by atoms with E-state index >= 15 is 0 Å². The van der Waals surface area contributed by atoms with Gasteiger partial charge in [-0.1, -0.05) is 5.21 Å². The lowest BCUT2D eigenvalue weighted by molar-refractivity contribution is 0.0853. The van der Waals surface area contributed by atoms with Crippen molar-refractivity contribution in [1.29, 1.82) is 0 Å². The van der Waals surface area contributed by atoms with Gasteiger partial charge in [0.05, 0.1) is 24.6 Å². The predicted molar refractivity (Wildman–Crippen MR) is 84.0 cm³/mol. The van der Waals surface area contributed by atoms with Gasteiger partial charge < -0.3 is 14.8 Å². The van der Waals surface area contributed by atoms with Gasteiger partial charge in [-0.3, -0.25) is 4.79 Å². The summed E-state index contributed by atoms with van der Waals surface area (Å²) in [6.45, 7) is 3.10. The fourth-order valence-corrected chi connectivity index (χ4v) is 2.60. The Kier molecular flexibility index (Phi) is 4.57. The zero-order chi connectivity index (χ0) is 16.2. The Bertz CT molecular complexity index is 675. The molecule has 0 bridgehead atoms. The van der Waals surface area contributed by atoms with Gasteiger partial charge in [0.2, 0.25) is 0 Å². The molecule has 7 nitrogen and oxygen atoms in total. The highest BCUT2D eigenvalue weighted by atomic mass is 16.5. The topological polar surface area (TPSA) is 78.3 Å². The van der Waals surface area contributed by atoms with Crippen molar-refractivity contribution in [3.05, 3.63) is 35.7 Å². The molecule has 1 saturated heterocycles. The summed E-state index contributed by atoms with van der Waals surface area (Å²) in [6.07, 6.45) is 2.14. The highest BCUT2D eigenvalue weighted by Gasteiger charge is 2.20. The first kappa shape index (κ1) is 15.5. The quantitative estimate of drug-likeness (QED) is 0.904. The van der Waals surface area contributed by atoms with Crippen LogP contribution < -0.4 is 10.1 Å². The molecule has 0 unspecified atom stereocenters. The van der Waals surface area contributed by atoms with E-state index in [0.29, 0.717) is 17.9 Å². The third-order valence-corrected chi connectivity index (χ3v) is 3.94.